The summed E-state index contributed by atoms with van der Waals surface area (Å²) in [7, 11) is 0. The molecule has 32 heavy (non-hydrogen) atoms. The van der Waals surface area contributed by atoms with Gasteiger partial charge in [-0.05, 0) is 55.2 Å². The van der Waals surface area contributed by atoms with Crippen LogP contribution < -0.4 is 16.0 Å². The fourth-order valence-corrected chi connectivity index (χ4v) is 5.82. The lowest BCUT2D eigenvalue weighted by molar-refractivity contribution is 0.0862. The molecule has 1 fully saturated rings. The molecule has 0 unspecified atom stereocenters. The third-order valence-electron chi connectivity index (χ3n) is 6.19. The standard InChI is InChI=1S/C23H25ClN4O2S.ClH/c24-15-5-6-16-13(9-15)10-19(26-16)22(29)27-17-3-1-2-4-18(17)28-23(30)21-11-14-12-25-8-7-20(14)31-21;/h5-6,9-11,17-18,25-26H,1-4,7-8,12H2,(H,27,29)(H,28,30);1H/t17-,18+;/m0./s1. The van der Waals surface area contributed by atoms with Gasteiger partial charge >= 0.3 is 0 Å². The number of halogens is 2. The van der Waals surface area contributed by atoms with Crippen LogP contribution in [-0.4, -0.2) is 35.4 Å². The Bertz CT molecular complexity index is 1120. The molecule has 2 amide bonds. The Morgan fingerprint density at radius 1 is 1.03 bits per heavy atom. The van der Waals surface area contributed by atoms with Gasteiger partial charge in [0.25, 0.3) is 11.8 Å². The number of fused-ring (bicyclic) bond motifs is 2. The van der Waals surface area contributed by atoms with Gasteiger partial charge in [0, 0.05) is 46.0 Å². The molecule has 0 bridgehead atoms. The van der Waals surface area contributed by atoms with Crippen molar-refractivity contribution in [2.75, 3.05) is 6.54 Å². The summed E-state index contributed by atoms with van der Waals surface area (Å²) in [5.41, 5.74) is 2.61. The molecule has 4 N–H and O–H groups in total. The Kier molecular flexibility index (Phi) is 7.10. The van der Waals surface area contributed by atoms with Crippen LogP contribution in [0.1, 0.15) is 56.3 Å². The minimum Gasteiger partial charge on any atom is -0.351 e. The summed E-state index contributed by atoms with van der Waals surface area (Å²) < 4.78 is 0. The van der Waals surface area contributed by atoms with E-state index in [4.69, 9.17) is 11.6 Å². The Labute approximate surface area is 201 Å². The van der Waals surface area contributed by atoms with Crippen LogP contribution >= 0.6 is 35.3 Å². The van der Waals surface area contributed by atoms with Crippen molar-refractivity contribution >= 4 is 58.1 Å². The van der Waals surface area contributed by atoms with Gasteiger partial charge in [0.1, 0.15) is 5.69 Å². The van der Waals surface area contributed by atoms with Crippen LogP contribution in [0.3, 0.4) is 0 Å². The van der Waals surface area contributed by atoms with Crippen LogP contribution in [0.25, 0.3) is 10.9 Å². The van der Waals surface area contributed by atoms with E-state index in [2.05, 4.69) is 20.9 Å². The fourth-order valence-electron chi connectivity index (χ4n) is 4.55. The number of rotatable bonds is 4. The summed E-state index contributed by atoms with van der Waals surface area (Å²) in [6, 6.07) is 9.17. The molecule has 0 saturated heterocycles. The number of thiophene rings is 1. The third kappa shape index (κ3) is 4.81. The van der Waals surface area contributed by atoms with Crippen molar-refractivity contribution in [3.05, 3.63) is 56.4 Å². The first kappa shape index (κ1) is 23.1. The van der Waals surface area contributed by atoms with Gasteiger partial charge in [-0.2, -0.15) is 0 Å². The summed E-state index contributed by atoms with van der Waals surface area (Å²) in [4.78, 5) is 31.1. The fraction of sp³-hybridized carbons (Fsp3) is 0.391. The van der Waals surface area contributed by atoms with E-state index in [-0.39, 0.29) is 36.3 Å². The number of hydrogen-bond donors (Lipinski definition) is 4. The zero-order valence-electron chi connectivity index (χ0n) is 17.5. The molecule has 1 aromatic carbocycles. The quantitative estimate of drug-likeness (QED) is 0.434. The van der Waals surface area contributed by atoms with Gasteiger partial charge < -0.3 is 20.9 Å². The second kappa shape index (κ2) is 9.83. The highest BCUT2D eigenvalue weighted by Crippen LogP contribution is 2.26. The second-order valence-electron chi connectivity index (χ2n) is 8.34. The molecule has 1 aliphatic heterocycles. The lowest BCUT2D eigenvalue weighted by Gasteiger charge is -2.32. The monoisotopic (exact) mass is 492 g/mol. The zero-order chi connectivity index (χ0) is 21.4. The largest absolute Gasteiger partial charge is 0.351 e. The SMILES string of the molecule is Cl.O=C(N[C@H]1CCCC[C@H]1NC(=O)c1cc2c(s1)CCNC2)c1cc2cc(Cl)ccc2[nH]1. The van der Waals surface area contributed by atoms with Gasteiger partial charge in [0.05, 0.1) is 4.88 Å². The minimum absolute atomic E-state index is 0. The molecule has 1 saturated carbocycles. The average molecular weight is 493 g/mol. The topological polar surface area (TPSA) is 86.0 Å². The molecule has 0 radical (unpaired) electrons. The van der Waals surface area contributed by atoms with Gasteiger partial charge in [-0.25, -0.2) is 0 Å². The number of benzene rings is 1. The van der Waals surface area contributed by atoms with Gasteiger partial charge in [-0.1, -0.05) is 24.4 Å². The molecule has 170 valence electrons. The predicted octanol–water partition coefficient (Wildman–Crippen LogP) is 4.42. The lowest BCUT2D eigenvalue weighted by atomic mass is 9.90. The first-order valence-corrected chi connectivity index (χ1v) is 12.0. The molecule has 6 nitrogen and oxygen atoms in total. The van der Waals surface area contributed by atoms with Crippen molar-refractivity contribution in [2.45, 2.75) is 50.7 Å². The Morgan fingerprint density at radius 3 is 2.53 bits per heavy atom. The van der Waals surface area contributed by atoms with E-state index in [0.29, 0.717) is 10.7 Å². The zero-order valence-corrected chi connectivity index (χ0v) is 19.9. The van der Waals surface area contributed by atoms with E-state index in [1.54, 1.807) is 17.4 Å². The smallest absolute Gasteiger partial charge is 0.268 e. The number of H-pyrrole nitrogens is 1. The maximum Gasteiger partial charge on any atom is 0.268 e. The number of aromatic nitrogens is 1. The molecule has 1 aliphatic carbocycles. The molecule has 0 spiro atoms. The molecule has 5 rings (SSSR count). The van der Waals surface area contributed by atoms with Crippen LogP contribution in [0.15, 0.2) is 30.3 Å². The van der Waals surface area contributed by atoms with E-state index < -0.39 is 0 Å². The van der Waals surface area contributed by atoms with Crippen molar-refractivity contribution in [3.8, 4) is 0 Å². The van der Waals surface area contributed by atoms with E-state index in [9.17, 15) is 9.59 Å². The number of hydrogen-bond acceptors (Lipinski definition) is 4. The highest BCUT2D eigenvalue weighted by Gasteiger charge is 2.29. The van der Waals surface area contributed by atoms with E-state index in [1.165, 1.54) is 10.4 Å². The van der Waals surface area contributed by atoms with Crippen molar-refractivity contribution < 1.29 is 9.59 Å². The van der Waals surface area contributed by atoms with Crippen LogP contribution in [0.4, 0.5) is 0 Å². The Balaban J connectivity index is 0.00000245. The Hall–Kier alpha value is -2.06. The summed E-state index contributed by atoms with van der Waals surface area (Å²) >= 11 is 7.65. The molecule has 2 aromatic heterocycles. The van der Waals surface area contributed by atoms with Crippen molar-refractivity contribution in [1.29, 1.82) is 0 Å². The highest BCUT2D eigenvalue weighted by atomic mass is 35.5. The summed E-state index contributed by atoms with van der Waals surface area (Å²) in [5, 5.41) is 11.2. The van der Waals surface area contributed by atoms with Crippen LogP contribution in [0.2, 0.25) is 5.02 Å². The molecule has 9 heteroatoms. The maximum atomic E-state index is 12.9. The molecule has 3 heterocycles. The number of carbonyl (C=O) groups excluding carboxylic acids is 2. The lowest BCUT2D eigenvalue weighted by Crippen LogP contribution is -2.53. The Morgan fingerprint density at radius 2 is 1.78 bits per heavy atom. The minimum atomic E-state index is -0.156. The average Bonchev–Trinajstić information content (AvgIpc) is 3.39. The van der Waals surface area contributed by atoms with Crippen LogP contribution in [-0.2, 0) is 13.0 Å². The summed E-state index contributed by atoms with van der Waals surface area (Å²) in [6.45, 7) is 1.79. The number of nitrogens with one attached hydrogen (secondary N) is 4. The van der Waals surface area contributed by atoms with Gasteiger partial charge in [0.2, 0.25) is 0 Å². The number of amides is 2. The maximum absolute atomic E-state index is 12.9. The summed E-state index contributed by atoms with van der Waals surface area (Å²) in [6.07, 6.45) is 4.79. The van der Waals surface area contributed by atoms with Gasteiger partial charge in [-0.15, -0.1) is 23.7 Å². The highest BCUT2D eigenvalue weighted by molar-refractivity contribution is 7.14. The molecular weight excluding hydrogens is 467 g/mol. The van der Waals surface area contributed by atoms with Gasteiger partial charge in [0.15, 0.2) is 0 Å². The summed E-state index contributed by atoms with van der Waals surface area (Å²) in [5.74, 6) is -0.193. The molecule has 3 aromatic rings. The molecule has 2 aliphatic rings. The molecule has 2 atom stereocenters. The van der Waals surface area contributed by atoms with Crippen molar-refractivity contribution in [2.24, 2.45) is 0 Å². The van der Waals surface area contributed by atoms with Crippen molar-refractivity contribution in [3.63, 3.8) is 0 Å². The van der Waals surface area contributed by atoms with Crippen LogP contribution in [0.5, 0.6) is 0 Å². The second-order valence-corrected chi connectivity index (χ2v) is 9.92. The van der Waals surface area contributed by atoms with E-state index in [1.807, 2.05) is 24.3 Å². The first-order chi connectivity index (χ1) is 15.1. The third-order valence-corrected chi connectivity index (χ3v) is 7.66. The predicted molar refractivity (Wildman–Crippen MR) is 131 cm³/mol. The normalized spacial score (nSPS) is 20.3. The van der Waals surface area contributed by atoms with E-state index in [0.717, 1.165) is 61.0 Å². The van der Waals surface area contributed by atoms with E-state index >= 15 is 0 Å². The number of carbonyl (C=O) groups is 2. The first-order valence-electron chi connectivity index (χ1n) is 10.8. The van der Waals surface area contributed by atoms with Gasteiger partial charge in [-0.3, -0.25) is 9.59 Å². The van der Waals surface area contributed by atoms with Crippen molar-refractivity contribution in [1.82, 2.24) is 20.9 Å². The number of aromatic amines is 1. The molecular formula is C23H26Cl2N4O2S. The van der Waals surface area contributed by atoms with Crippen LogP contribution in [0, 0.1) is 0 Å².